The summed E-state index contributed by atoms with van der Waals surface area (Å²) >= 11 is 0. The molecule has 2 aromatic rings. The van der Waals surface area contributed by atoms with Crippen molar-refractivity contribution in [3.05, 3.63) is 59.7 Å². The molecule has 0 aromatic heterocycles. The molecule has 1 saturated heterocycles. The largest absolute Gasteiger partial charge is 0.325 e. The first-order valence-electron chi connectivity index (χ1n) is 11.2. The Morgan fingerprint density at radius 3 is 2.42 bits per heavy atom. The topological polar surface area (TPSA) is 108 Å². The van der Waals surface area contributed by atoms with Gasteiger partial charge in [-0.15, -0.1) is 0 Å². The Morgan fingerprint density at radius 2 is 1.73 bits per heavy atom. The number of hydrogen-bond donors (Lipinski definition) is 3. The van der Waals surface area contributed by atoms with Crippen molar-refractivity contribution in [2.24, 2.45) is 5.92 Å². The zero-order valence-corrected chi connectivity index (χ0v) is 18.8. The molecule has 5 amide bonds. The molecule has 2 aromatic carbocycles. The summed E-state index contributed by atoms with van der Waals surface area (Å²) in [5.41, 5.74) is 1.25. The summed E-state index contributed by atoms with van der Waals surface area (Å²) in [5, 5.41) is 8.39. The van der Waals surface area contributed by atoms with Crippen LogP contribution in [0.3, 0.4) is 0 Å². The van der Waals surface area contributed by atoms with Gasteiger partial charge in [-0.3, -0.25) is 19.3 Å². The highest BCUT2D eigenvalue weighted by Gasteiger charge is 2.52. The molecule has 0 unspecified atom stereocenters. The minimum absolute atomic E-state index is 0.294. The molecule has 3 N–H and O–H groups in total. The predicted octanol–water partition coefficient (Wildman–Crippen LogP) is 3.69. The smallest absolute Gasteiger partial charge is 0.324 e. The lowest BCUT2D eigenvalue weighted by molar-refractivity contribution is -0.135. The Morgan fingerprint density at radius 1 is 1.03 bits per heavy atom. The lowest BCUT2D eigenvalue weighted by Crippen LogP contribution is -2.49. The monoisotopic (exact) mass is 448 g/mol. The molecule has 33 heavy (non-hydrogen) atoms. The maximum absolute atomic E-state index is 13.0. The molecule has 4 rings (SSSR count). The SMILES string of the molecule is Cc1c(NC(=O)CN2C(=O)NC3(CCC(C)CC3)C2=O)cccc1C(=O)Nc1ccccc1. The van der Waals surface area contributed by atoms with E-state index in [1.54, 1.807) is 37.3 Å². The second-order valence-electron chi connectivity index (χ2n) is 8.93. The summed E-state index contributed by atoms with van der Waals surface area (Å²) in [4.78, 5) is 51.9. The van der Waals surface area contributed by atoms with Crippen molar-refractivity contribution in [3.8, 4) is 0 Å². The number of amides is 5. The Hall–Kier alpha value is -3.68. The Bertz CT molecular complexity index is 1090. The Kier molecular flexibility index (Phi) is 6.18. The van der Waals surface area contributed by atoms with Crippen molar-refractivity contribution in [1.29, 1.82) is 0 Å². The second-order valence-corrected chi connectivity index (χ2v) is 8.93. The van der Waals surface area contributed by atoms with Gasteiger partial charge in [0.2, 0.25) is 5.91 Å². The molecule has 2 aliphatic rings. The van der Waals surface area contributed by atoms with Gasteiger partial charge in [0, 0.05) is 16.9 Å². The molecular weight excluding hydrogens is 420 g/mol. The van der Waals surface area contributed by atoms with E-state index in [1.165, 1.54) is 0 Å². The summed E-state index contributed by atoms with van der Waals surface area (Å²) < 4.78 is 0. The highest BCUT2D eigenvalue weighted by Crippen LogP contribution is 2.36. The van der Waals surface area contributed by atoms with Crippen LogP contribution in [0.25, 0.3) is 0 Å². The first kappa shape index (κ1) is 22.5. The first-order valence-corrected chi connectivity index (χ1v) is 11.2. The molecule has 1 heterocycles. The van der Waals surface area contributed by atoms with Crippen LogP contribution in [0.5, 0.6) is 0 Å². The van der Waals surface area contributed by atoms with E-state index in [4.69, 9.17) is 0 Å². The van der Waals surface area contributed by atoms with Crippen LogP contribution < -0.4 is 16.0 Å². The van der Waals surface area contributed by atoms with Gasteiger partial charge < -0.3 is 16.0 Å². The number of anilines is 2. The van der Waals surface area contributed by atoms with Crippen molar-refractivity contribution < 1.29 is 19.2 Å². The van der Waals surface area contributed by atoms with Crippen molar-refractivity contribution in [3.63, 3.8) is 0 Å². The molecule has 1 saturated carbocycles. The average Bonchev–Trinajstić information content (AvgIpc) is 3.02. The normalized spacial score (nSPS) is 22.2. The highest BCUT2D eigenvalue weighted by molar-refractivity contribution is 6.11. The van der Waals surface area contributed by atoms with E-state index in [0.29, 0.717) is 41.3 Å². The summed E-state index contributed by atoms with van der Waals surface area (Å²) in [6, 6.07) is 13.6. The van der Waals surface area contributed by atoms with E-state index in [-0.39, 0.29) is 18.4 Å². The zero-order valence-electron chi connectivity index (χ0n) is 18.8. The minimum atomic E-state index is -0.880. The minimum Gasteiger partial charge on any atom is -0.324 e. The maximum atomic E-state index is 13.0. The van der Waals surface area contributed by atoms with Crippen molar-refractivity contribution >= 4 is 35.1 Å². The molecule has 1 aliphatic heterocycles. The van der Waals surface area contributed by atoms with Crippen LogP contribution in [0.2, 0.25) is 0 Å². The van der Waals surface area contributed by atoms with Crippen molar-refractivity contribution in [1.82, 2.24) is 10.2 Å². The van der Waals surface area contributed by atoms with Crippen LogP contribution in [0.15, 0.2) is 48.5 Å². The van der Waals surface area contributed by atoms with E-state index < -0.39 is 17.5 Å². The summed E-state index contributed by atoms with van der Waals surface area (Å²) in [6.07, 6.45) is 2.91. The van der Waals surface area contributed by atoms with Gasteiger partial charge in [-0.1, -0.05) is 31.2 Å². The standard InChI is InChI=1S/C25H28N4O4/c1-16-11-13-25(14-12-16)23(32)29(24(33)28-25)15-21(30)27-20-10-6-9-19(17(20)2)22(31)26-18-7-4-3-5-8-18/h3-10,16H,11-15H2,1-2H3,(H,26,31)(H,27,30)(H,28,33). The van der Waals surface area contributed by atoms with Crippen molar-refractivity contribution in [2.75, 3.05) is 17.2 Å². The van der Waals surface area contributed by atoms with Gasteiger partial charge in [0.25, 0.3) is 11.8 Å². The first-order chi connectivity index (χ1) is 15.8. The number of carbonyl (C=O) groups is 4. The summed E-state index contributed by atoms with van der Waals surface area (Å²) in [7, 11) is 0. The Labute approximate surface area is 192 Å². The predicted molar refractivity (Wildman–Crippen MR) is 125 cm³/mol. The van der Waals surface area contributed by atoms with Gasteiger partial charge in [-0.25, -0.2) is 4.79 Å². The van der Waals surface area contributed by atoms with Gasteiger partial charge in [0.05, 0.1) is 0 Å². The number of para-hydroxylation sites is 1. The van der Waals surface area contributed by atoms with E-state index in [2.05, 4.69) is 22.9 Å². The van der Waals surface area contributed by atoms with Gasteiger partial charge in [-0.2, -0.15) is 0 Å². The average molecular weight is 449 g/mol. The number of nitrogens with zero attached hydrogens (tertiary/aromatic N) is 1. The molecule has 1 spiro atoms. The van der Waals surface area contributed by atoms with Crippen LogP contribution in [-0.2, 0) is 9.59 Å². The lowest BCUT2D eigenvalue weighted by atomic mass is 9.77. The molecule has 0 bridgehead atoms. The fraction of sp³-hybridized carbons (Fsp3) is 0.360. The van der Waals surface area contributed by atoms with E-state index >= 15 is 0 Å². The number of imide groups is 1. The van der Waals surface area contributed by atoms with Gasteiger partial charge >= 0.3 is 6.03 Å². The van der Waals surface area contributed by atoms with Crippen LogP contribution >= 0.6 is 0 Å². The van der Waals surface area contributed by atoms with Gasteiger partial charge in [0.1, 0.15) is 12.1 Å². The van der Waals surface area contributed by atoms with Crippen molar-refractivity contribution in [2.45, 2.75) is 45.1 Å². The summed E-state index contributed by atoms with van der Waals surface area (Å²) in [6.45, 7) is 3.50. The quantitative estimate of drug-likeness (QED) is 0.607. The number of urea groups is 1. The molecule has 1 aliphatic carbocycles. The van der Waals surface area contributed by atoms with Crippen LogP contribution in [0.4, 0.5) is 16.2 Å². The lowest BCUT2D eigenvalue weighted by Gasteiger charge is -2.33. The van der Waals surface area contributed by atoms with Crippen LogP contribution in [0, 0.1) is 12.8 Å². The Balaban J connectivity index is 1.43. The highest BCUT2D eigenvalue weighted by atomic mass is 16.2. The molecule has 8 nitrogen and oxygen atoms in total. The molecular formula is C25H28N4O4. The fourth-order valence-electron chi connectivity index (χ4n) is 4.48. The summed E-state index contributed by atoms with van der Waals surface area (Å²) in [5.74, 6) is -0.602. The zero-order chi connectivity index (χ0) is 23.6. The second kappa shape index (κ2) is 9.05. The van der Waals surface area contributed by atoms with Crippen LogP contribution in [-0.4, -0.2) is 40.7 Å². The third-order valence-electron chi connectivity index (χ3n) is 6.56. The molecule has 0 radical (unpaired) electrons. The maximum Gasteiger partial charge on any atom is 0.325 e. The van der Waals surface area contributed by atoms with E-state index in [9.17, 15) is 19.2 Å². The number of nitrogens with one attached hydrogen (secondary N) is 3. The third-order valence-corrected chi connectivity index (χ3v) is 6.56. The molecule has 8 heteroatoms. The van der Waals surface area contributed by atoms with E-state index in [1.807, 2.05) is 18.2 Å². The fourth-order valence-corrected chi connectivity index (χ4v) is 4.48. The van der Waals surface area contributed by atoms with Gasteiger partial charge in [-0.05, 0) is 68.4 Å². The number of carbonyl (C=O) groups excluding carboxylic acids is 4. The molecule has 172 valence electrons. The molecule has 2 fully saturated rings. The van der Waals surface area contributed by atoms with E-state index in [0.717, 1.165) is 17.7 Å². The third kappa shape index (κ3) is 4.60. The van der Waals surface area contributed by atoms with Crippen LogP contribution in [0.1, 0.15) is 48.5 Å². The van der Waals surface area contributed by atoms with Gasteiger partial charge in [0.15, 0.2) is 0 Å². The number of rotatable bonds is 5. The number of benzene rings is 2. The molecule has 0 atom stereocenters. The number of hydrogen-bond acceptors (Lipinski definition) is 4.